The largest absolute Gasteiger partial charge is 0.396 e. The van der Waals surface area contributed by atoms with Gasteiger partial charge in [-0.05, 0) is 37.3 Å². The van der Waals surface area contributed by atoms with Crippen molar-refractivity contribution < 1.29 is 13.5 Å². The van der Waals surface area contributed by atoms with Gasteiger partial charge in [0, 0.05) is 31.5 Å². The molecule has 2 aliphatic rings. The number of aliphatic hydroxyl groups is 1. The molecule has 0 amide bonds. The van der Waals surface area contributed by atoms with Gasteiger partial charge >= 0.3 is 0 Å². The first-order chi connectivity index (χ1) is 10.1. The molecule has 114 valence electrons. The van der Waals surface area contributed by atoms with Crippen LogP contribution in [0.25, 0.3) is 0 Å². The van der Waals surface area contributed by atoms with E-state index in [0.29, 0.717) is 31.1 Å². The van der Waals surface area contributed by atoms with Crippen LogP contribution in [0.2, 0.25) is 0 Å². The highest BCUT2D eigenvalue weighted by Crippen LogP contribution is 2.26. The van der Waals surface area contributed by atoms with Gasteiger partial charge < -0.3 is 5.11 Å². The average molecular weight is 309 g/mol. The van der Waals surface area contributed by atoms with Crippen molar-refractivity contribution in [1.82, 2.24) is 9.29 Å². The summed E-state index contributed by atoms with van der Waals surface area (Å²) < 4.78 is 27.0. The highest BCUT2D eigenvalue weighted by atomic mass is 32.2. The van der Waals surface area contributed by atoms with Crippen molar-refractivity contribution in [1.29, 1.82) is 0 Å². The highest BCUT2D eigenvalue weighted by molar-refractivity contribution is 8.05. The Bertz CT molecular complexity index is 649. The maximum Gasteiger partial charge on any atom is 0.260 e. The molecule has 3 rings (SSSR count). The smallest absolute Gasteiger partial charge is 0.260 e. The Balaban J connectivity index is 1.77. The fraction of sp³-hybridized carbons (Fsp3) is 0.571. The number of aliphatic imine (C=N–C) groups is 1. The third-order valence-corrected chi connectivity index (χ3v) is 6.07. The molecular formula is C14H19N3O3S. The summed E-state index contributed by atoms with van der Waals surface area (Å²) in [5.41, 5.74) is 1.36. The molecule has 1 N–H and O–H groups in total. The van der Waals surface area contributed by atoms with Crippen molar-refractivity contribution in [3.8, 4) is 0 Å². The van der Waals surface area contributed by atoms with E-state index in [9.17, 15) is 8.42 Å². The van der Waals surface area contributed by atoms with Gasteiger partial charge in [-0.3, -0.25) is 9.98 Å². The second kappa shape index (κ2) is 5.82. The molecule has 3 heterocycles. The Hall–Kier alpha value is -1.31. The van der Waals surface area contributed by atoms with E-state index in [2.05, 4.69) is 9.98 Å². The number of aromatic nitrogens is 1. The molecule has 0 radical (unpaired) electrons. The van der Waals surface area contributed by atoms with E-state index in [1.807, 2.05) is 0 Å². The molecule has 0 saturated carbocycles. The maximum atomic E-state index is 12.7. The molecule has 0 aromatic carbocycles. The Morgan fingerprint density at radius 3 is 2.81 bits per heavy atom. The van der Waals surface area contributed by atoms with Crippen LogP contribution in [0.5, 0.6) is 0 Å². The first kappa shape index (κ1) is 14.6. The van der Waals surface area contributed by atoms with E-state index >= 15 is 0 Å². The van der Waals surface area contributed by atoms with Gasteiger partial charge in [-0.15, -0.1) is 0 Å². The summed E-state index contributed by atoms with van der Waals surface area (Å²) in [6.07, 6.45) is 4.01. The summed E-state index contributed by atoms with van der Waals surface area (Å²) in [5, 5.41) is 9.13. The molecular weight excluding hydrogens is 290 g/mol. The van der Waals surface area contributed by atoms with Gasteiger partial charge in [0.15, 0.2) is 5.04 Å². The number of hydrogen-bond acceptors (Lipinski definition) is 5. The number of sulfonamides is 1. The lowest BCUT2D eigenvalue weighted by Gasteiger charge is -2.30. The summed E-state index contributed by atoms with van der Waals surface area (Å²) >= 11 is 0. The van der Waals surface area contributed by atoms with Gasteiger partial charge in [0.2, 0.25) is 0 Å². The molecule has 0 atom stereocenters. The molecule has 1 aromatic rings. The normalized spacial score (nSPS) is 20.3. The molecule has 2 aliphatic heterocycles. The molecule has 0 unspecified atom stereocenters. The van der Waals surface area contributed by atoms with E-state index < -0.39 is 10.0 Å². The molecule has 1 aromatic heterocycles. The van der Waals surface area contributed by atoms with Gasteiger partial charge in [-0.1, -0.05) is 0 Å². The van der Waals surface area contributed by atoms with Crippen LogP contribution in [0.1, 0.15) is 30.5 Å². The van der Waals surface area contributed by atoms with Crippen LogP contribution in [-0.2, 0) is 16.6 Å². The van der Waals surface area contributed by atoms with E-state index in [4.69, 9.17) is 5.11 Å². The summed E-state index contributed by atoms with van der Waals surface area (Å²) in [7, 11) is -3.53. The predicted octanol–water partition coefficient (Wildman–Crippen LogP) is 0.766. The van der Waals surface area contributed by atoms with Crippen molar-refractivity contribution in [2.24, 2.45) is 10.9 Å². The molecule has 21 heavy (non-hydrogen) atoms. The third-order valence-electron chi connectivity index (χ3n) is 4.19. The zero-order valence-electron chi connectivity index (χ0n) is 11.8. The number of rotatable bonds is 3. The van der Waals surface area contributed by atoms with Crippen molar-refractivity contribution in [3.63, 3.8) is 0 Å². The summed E-state index contributed by atoms with van der Waals surface area (Å²) in [4.78, 5) is 8.37. The minimum absolute atomic E-state index is 0.159. The topological polar surface area (TPSA) is 82.9 Å². The first-order valence-corrected chi connectivity index (χ1v) is 8.66. The van der Waals surface area contributed by atoms with Crippen LogP contribution in [0, 0.1) is 5.92 Å². The van der Waals surface area contributed by atoms with Crippen LogP contribution in [0.4, 0.5) is 0 Å². The van der Waals surface area contributed by atoms with Crippen molar-refractivity contribution in [2.75, 3.05) is 19.7 Å². The third kappa shape index (κ3) is 2.73. The molecule has 0 spiro atoms. The standard InChI is InChI=1S/C14H19N3O3S/c18-9-5-11-3-7-17(8-4-11)21(19,20)14-12-2-1-6-15-13(12)10-16-14/h1-2,6,11,18H,3-5,7-10H2. The SMILES string of the molecule is O=S(=O)(C1=NCc2ncccc21)N1CCC(CCO)CC1. The highest BCUT2D eigenvalue weighted by Gasteiger charge is 2.35. The second-order valence-electron chi connectivity index (χ2n) is 5.48. The Morgan fingerprint density at radius 1 is 1.33 bits per heavy atom. The molecule has 1 saturated heterocycles. The lowest BCUT2D eigenvalue weighted by atomic mass is 9.95. The van der Waals surface area contributed by atoms with Gasteiger partial charge in [0.05, 0.1) is 12.2 Å². The zero-order valence-corrected chi connectivity index (χ0v) is 12.6. The minimum Gasteiger partial charge on any atom is -0.396 e. The summed E-state index contributed by atoms with van der Waals surface area (Å²) in [6.45, 7) is 1.51. The lowest BCUT2D eigenvalue weighted by Crippen LogP contribution is -2.42. The fourth-order valence-corrected chi connectivity index (χ4v) is 4.58. The monoisotopic (exact) mass is 309 g/mol. The van der Waals surface area contributed by atoms with Crippen molar-refractivity contribution >= 4 is 15.1 Å². The summed E-state index contributed by atoms with van der Waals surface area (Å²) in [5.74, 6) is 0.418. The number of aliphatic hydroxyl groups excluding tert-OH is 1. The fourth-order valence-electron chi connectivity index (χ4n) is 2.95. The Labute approximate surface area is 124 Å². The molecule has 0 aliphatic carbocycles. The number of pyridine rings is 1. The molecule has 7 heteroatoms. The van der Waals surface area contributed by atoms with Gasteiger partial charge in [-0.2, -0.15) is 4.31 Å². The van der Waals surface area contributed by atoms with Crippen LogP contribution < -0.4 is 0 Å². The van der Waals surface area contributed by atoms with Crippen molar-refractivity contribution in [3.05, 3.63) is 29.6 Å². The van der Waals surface area contributed by atoms with E-state index in [1.165, 1.54) is 4.31 Å². The summed E-state index contributed by atoms with van der Waals surface area (Å²) in [6, 6.07) is 3.51. The number of hydrogen-bond donors (Lipinski definition) is 1. The number of nitrogens with zero attached hydrogens (tertiary/aromatic N) is 3. The van der Waals surface area contributed by atoms with Crippen LogP contribution in [0.15, 0.2) is 23.3 Å². The lowest BCUT2D eigenvalue weighted by molar-refractivity contribution is 0.209. The van der Waals surface area contributed by atoms with Crippen molar-refractivity contribution in [2.45, 2.75) is 25.8 Å². The van der Waals surface area contributed by atoms with E-state index in [-0.39, 0.29) is 11.7 Å². The molecule has 1 fully saturated rings. The predicted molar refractivity (Wildman–Crippen MR) is 79.4 cm³/mol. The molecule has 6 nitrogen and oxygen atoms in total. The van der Waals surface area contributed by atoms with E-state index in [0.717, 1.165) is 25.0 Å². The van der Waals surface area contributed by atoms with Crippen LogP contribution in [0.3, 0.4) is 0 Å². The quantitative estimate of drug-likeness (QED) is 0.894. The minimum atomic E-state index is -3.53. The average Bonchev–Trinajstić information content (AvgIpc) is 2.93. The molecule has 0 bridgehead atoms. The van der Waals surface area contributed by atoms with Crippen LogP contribution in [-0.4, -0.2) is 47.6 Å². The second-order valence-corrected chi connectivity index (χ2v) is 7.33. The first-order valence-electron chi connectivity index (χ1n) is 7.22. The maximum absolute atomic E-state index is 12.7. The van der Waals surface area contributed by atoms with Gasteiger partial charge in [0.1, 0.15) is 0 Å². The Morgan fingerprint density at radius 2 is 2.10 bits per heavy atom. The number of fused-ring (bicyclic) bond motifs is 1. The van der Waals surface area contributed by atoms with Gasteiger partial charge in [0.25, 0.3) is 10.0 Å². The van der Waals surface area contributed by atoms with E-state index in [1.54, 1.807) is 18.3 Å². The number of piperidine rings is 1. The Kier molecular flexibility index (Phi) is 4.05. The zero-order chi connectivity index (χ0) is 14.9. The van der Waals surface area contributed by atoms with Gasteiger partial charge in [-0.25, -0.2) is 8.42 Å². The van der Waals surface area contributed by atoms with Crippen LogP contribution >= 0.6 is 0 Å².